The first-order chi connectivity index (χ1) is 14.6. The van der Waals surface area contributed by atoms with Crippen LogP contribution in [0.1, 0.15) is 12.5 Å². The highest BCUT2D eigenvalue weighted by molar-refractivity contribution is 5.94. The summed E-state index contributed by atoms with van der Waals surface area (Å²) in [5.41, 5.74) is 3.25. The van der Waals surface area contributed by atoms with Crippen LogP contribution in [-0.4, -0.2) is 25.2 Å². The Labute approximate surface area is 174 Å². The number of hydrogen-bond donors (Lipinski definition) is 1. The first-order valence-corrected chi connectivity index (χ1v) is 9.60. The first-order valence-electron chi connectivity index (χ1n) is 9.60. The zero-order valence-electron chi connectivity index (χ0n) is 16.4. The summed E-state index contributed by atoms with van der Waals surface area (Å²) in [7, 11) is 0. The molecule has 0 radical (unpaired) electrons. The lowest BCUT2D eigenvalue weighted by atomic mass is 10.0. The highest BCUT2D eigenvalue weighted by atomic mass is 16.6. The number of carbonyl (C=O) groups is 1. The van der Waals surface area contributed by atoms with Gasteiger partial charge in [0, 0.05) is 11.8 Å². The summed E-state index contributed by atoms with van der Waals surface area (Å²) in [6.07, 6.45) is -0.682. The Morgan fingerprint density at radius 2 is 1.60 bits per heavy atom. The number of carbonyl (C=O) groups excluding carboxylic acids is 1. The van der Waals surface area contributed by atoms with E-state index in [1.54, 1.807) is 37.3 Å². The predicted molar refractivity (Wildman–Crippen MR) is 113 cm³/mol. The van der Waals surface area contributed by atoms with Crippen molar-refractivity contribution < 1.29 is 19.0 Å². The molecule has 0 unspecified atom stereocenters. The number of anilines is 1. The van der Waals surface area contributed by atoms with Gasteiger partial charge in [0.05, 0.1) is 11.6 Å². The Balaban J connectivity index is 1.37. The van der Waals surface area contributed by atoms with Crippen molar-refractivity contribution in [2.24, 2.45) is 0 Å². The van der Waals surface area contributed by atoms with Gasteiger partial charge in [-0.1, -0.05) is 24.3 Å². The van der Waals surface area contributed by atoms with Gasteiger partial charge in [-0.05, 0) is 54.4 Å². The summed E-state index contributed by atoms with van der Waals surface area (Å²) in [6, 6.07) is 22.2. The maximum Gasteiger partial charge on any atom is 0.265 e. The normalized spacial score (nSPS) is 13.1. The van der Waals surface area contributed by atoms with Gasteiger partial charge in [0.1, 0.15) is 19.0 Å². The van der Waals surface area contributed by atoms with E-state index < -0.39 is 6.10 Å². The van der Waals surface area contributed by atoms with Crippen molar-refractivity contribution in [1.82, 2.24) is 0 Å². The van der Waals surface area contributed by atoms with Crippen LogP contribution in [0.25, 0.3) is 11.1 Å². The molecule has 0 saturated heterocycles. The van der Waals surface area contributed by atoms with E-state index in [1.165, 1.54) is 0 Å². The van der Waals surface area contributed by atoms with Crippen LogP contribution in [0.15, 0.2) is 66.7 Å². The lowest BCUT2D eigenvalue weighted by Crippen LogP contribution is -2.30. The molecular formula is C24H20N2O4. The summed E-state index contributed by atoms with van der Waals surface area (Å²) in [5, 5.41) is 11.7. The van der Waals surface area contributed by atoms with Gasteiger partial charge in [-0.15, -0.1) is 0 Å². The van der Waals surface area contributed by atoms with E-state index in [1.807, 2.05) is 36.4 Å². The SMILES string of the molecule is C[C@@H](Oc1ccc(-c2ccc(C#N)cc2)cc1)C(=O)Nc1ccc2c(c1)OCCO2. The van der Waals surface area contributed by atoms with Crippen molar-refractivity contribution in [1.29, 1.82) is 5.26 Å². The molecule has 1 heterocycles. The van der Waals surface area contributed by atoms with Crippen LogP contribution in [0.4, 0.5) is 5.69 Å². The Bertz CT molecular complexity index is 1090. The van der Waals surface area contributed by atoms with Crippen molar-refractivity contribution in [3.8, 4) is 34.4 Å². The maximum atomic E-state index is 12.5. The number of nitriles is 1. The van der Waals surface area contributed by atoms with Crippen LogP contribution >= 0.6 is 0 Å². The molecule has 1 amide bonds. The van der Waals surface area contributed by atoms with Gasteiger partial charge in [-0.3, -0.25) is 4.79 Å². The zero-order chi connectivity index (χ0) is 20.9. The fraction of sp³-hybridized carbons (Fsp3) is 0.167. The van der Waals surface area contributed by atoms with Crippen LogP contribution in [0.2, 0.25) is 0 Å². The highest BCUT2D eigenvalue weighted by Crippen LogP contribution is 2.32. The zero-order valence-corrected chi connectivity index (χ0v) is 16.4. The lowest BCUT2D eigenvalue weighted by molar-refractivity contribution is -0.122. The second kappa shape index (κ2) is 8.58. The molecule has 1 aliphatic heterocycles. The minimum absolute atomic E-state index is 0.261. The van der Waals surface area contributed by atoms with E-state index in [-0.39, 0.29) is 5.91 Å². The molecule has 4 rings (SSSR count). The molecule has 0 bridgehead atoms. The lowest BCUT2D eigenvalue weighted by Gasteiger charge is -2.20. The van der Waals surface area contributed by atoms with Gasteiger partial charge in [0.25, 0.3) is 5.91 Å². The topological polar surface area (TPSA) is 80.6 Å². The van der Waals surface area contributed by atoms with Crippen LogP contribution in [-0.2, 0) is 4.79 Å². The second-order valence-electron chi connectivity index (χ2n) is 6.82. The molecule has 30 heavy (non-hydrogen) atoms. The second-order valence-corrected chi connectivity index (χ2v) is 6.82. The van der Waals surface area contributed by atoms with Gasteiger partial charge >= 0.3 is 0 Å². The number of ether oxygens (including phenoxy) is 3. The first kappa shape index (κ1) is 19.3. The number of amides is 1. The van der Waals surface area contributed by atoms with Crippen molar-refractivity contribution in [2.45, 2.75) is 13.0 Å². The predicted octanol–water partition coefficient (Wildman–Crippen LogP) is 4.40. The molecule has 3 aromatic carbocycles. The number of nitrogens with one attached hydrogen (secondary N) is 1. The number of hydrogen-bond acceptors (Lipinski definition) is 5. The average Bonchev–Trinajstić information content (AvgIpc) is 2.79. The maximum absolute atomic E-state index is 12.5. The highest BCUT2D eigenvalue weighted by Gasteiger charge is 2.17. The van der Waals surface area contributed by atoms with E-state index in [0.29, 0.717) is 41.7 Å². The van der Waals surface area contributed by atoms with Crippen molar-refractivity contribution in [3.63, 3.8) is 0 Å². The fourth-order valence-corrected chi connectivity index (χ4v) is 3.09. The Kier molecular flexibility index (Phi) is 5.53. The minimum atomic E-state index is -0.682. The van der Waals surface area contributed by atoms with E-state index in [4.69, 9.17) is 19.5 Å². The Morgan fingerprint density at radius 1 is 0.967 bits per heavy atom. The molecule has 0 fully saturated rings. The van der Waals surface area contributed by atoms with Crippen molar-refractivity contribution >= 4 is 11.6 Å². The smallest absolute Gasteiger partial charge is 0.265 e. The monoisotopic (exact) mass is 400 g/mol. The van der Waals surface area contributed by atoms with Crippen LogP contribution in [0.5, 0.6) is 17.2 Å². The molecule has 1 N–H and O–H groups in total. The fourth-order valence-electron chi connectivity index (χ4n) is 3.09. The molecule has 0 aliphatic carbocycles. The van der Waals surface area contributed by atoms with E-state index in [2.05, 4.69) is 11.4 Å². The Morgan fingerprint density at radius 3 is 2.27 bits per heavy atom. The molecule has 1 aliphatic rings. The molecule has 3 aromatic rings. The van der Waals surface area contributed by atoms with Gasteiger partial charge < -0.3 is 19.5 Å². The number of nitrogens with zero attached hydrogens (tertiary/aromatic N) is 1. The minimum Gasteiger partial charge on any atom is -0.486 e. The molecule has 0 aromatic heterocycles. The van der Waals surface area contributed by atoms with Gasteiger partial charge in [0.15, 0.2) is 17.6 Å². The van der Waals surface area contributed by atoms with Crippen LogP contribution in [0, 0.1) is 11.3 Å². The van der Waals surface area contributed by atoms with Gasteiger partial charge in [-0.2, -0.15) is 5.26 Å². The standard InChI is InChI=1S/C24H20N2O4/c1-16(24(27)26-20-8-11-22-23(14-20)29-13-12-28-22)30-21-9-6-19(7-10-21)18-4-2-17(15-25)3-5-18/h2-11,14,16H,12-13H2,1H3,(H,26,27)/t16-/m1/s1. The van der Waals surface area contributed by atoms with Crippen LogP contribution < -0.4 is 19.5 Å². The third-order valence-corrected chi connectivity index (χ3v) is 4.69. The summed E-state index contributed by atoms with van der Waals surface area (Å²) in [4.78, 5) is 12.5. The van der Waals surface area contributed by atoms with Crippen molar-refractivity contribution in [2.75, 3.05) is 18.5 Å². The van der Waals surface area contributed by atoms with Crippen molar-refractivity contribution in [3.05, 3.63) is 72.3 Å². The summed E-state index contributed by atoms with van der Waals surface area (Å²) in [6.45, 7) is 2.71. The molecule has 150 valence electrons. The summed E-state index contributed by atoms with van der Waals surface area (Å²) in [5.74, 6) is 1.62. The molecule has 0 saturated carbocycles. The number of rotatable bonds is 5. The number of benzene rings is 3. The third-order valence-electron chi connectivity index (χ3n) is 4.69. The molecular weight excluding hydrogens is 380 g/mol. The molecule has 1 atom stereocenters. The average molecular weight is 400 g/mol. The summed E-state index contributed by atoms with van der Waals surface area (Å²) < 4.78 is 16.8. The van der Waals surface area contributed by atoms with E-state index in [9.17, 15) is 4.79 Å². The molecule has 0 spiro atoms. The molecule has 6 heteroatoms. The quantitative estimate of drug-likeness (QED) is 0.686. The largest absolute Gasteiger partial charge is 0.486 e. The third kappa shape index (κ3) is 4.36. The number of fused-ring (bicyclic) bond motifs is 1. The van der Waals surface area contributed by atoms with Crippen LogP contribution in [0.3, 0.4) is 0 Å². The van der Waals surface area contributed by atoms with Gasteiger partial charge in [0.2, 0.25) is 0 Å². The molecule has 6 nitrogen and oxygen atoms in total. The van der Waals surface area contributed by atoms with Gasteiger partial charge in [-0.25, -0.2) is 0 Å². The Hall–Kier alpha value is -3.98. The van der Waals surface area contributed by atoms with E-state index >= 15 is 0 Å². The summed E-state index contributed by atoms with van der Waals surface area (Å²) >= 11 is 0. The van der Waals surface area contributed by atoms with E-state index in [0.717, 1.165) is 11.1 Å².